The number of benzene rings is 2. The van der Waals surface area contributed by atoms with Crippen LogP contribution in [0.4, 0.5) is 24.8 Å². The van der Waals surface area contributed by atoms with Crippen molar-refractivity contribution in [3.8, 4) is 28.6 Å². The van der Waals surface area contributed by atoms with Gasteiger partial charge in [0.15, 0.2) is 5.82 Å². The average Bonchev–Trinajstić information content (AvgIpc) is 3.68. The summed E-state index contributed by atoms with van der Waals surface area (Å²) in [5.41, 5.74) is 1.37. The lowest BCUT2D eigenvalue weighted by atomic mass is 9.97. The van der Waals surface area contributed by atoms with E-state index in [1.54, 1.807) is 48.3 Å². The number of hydrogen-bond acceptors (Lipinski definition) is 7. The number of halogens is 3. The molecule has 2 aromatic heterocycles. The number of nitrogens with zero attached hydrogens (tertiary/aromatic N) is 6. The molecule has 4 aromatic rings. The van der Waals surface area contributed by atoms with Crippen LogP contribution in [0.1, 0.15) is 33.5 Å². The molecule has 12 heteroatoms. The molecular formula is C28H22F3N7O2. The Hall–Kier alpha value is -4.76. The third-order valence-electron chi connectivity index (χ3n) is 7.06. The van der Waals surface area contributed by atoms with Gasteiger partial charge in [0.05, 0.1) is 36.4 Å². The summed E-state index contributed by atoms with van der Waals surface area (Å²) in [6.07, 6.45) is -2.30. The van der Waals surface area contributed by atoms with E-state index in [1.165, 1.54) is 17.0 Å². The van der Waals surface area contributed by atoms with E-state index in [2.05, 4.69) is 26.6 Å². The number of aromatic nitrogens is 4. The first kappa shape index (κ1) is 25.5. The van der Waals surface area contributed by atoms with Gasteiger partial charge in [-0.25, -0.2) is 4.98 Å². The summed E-state index contributed by atoms with van der Waals surface area (Å²) in [6.45, 7) is 0.782. The number of nitrogens with one attached hydrogen (secondary N) is 1. The summed E-state index contributed by atoms with van der Waals surface area (Å²) >= 11 is 0. The lowest BCUT2D eigenvalue weighted by Crippen LogP contribution is -2.25. The van der Waals surface area contributed by atoms with Gasteiger partial charge in [0.25, 0.3) is 5.91 Å². The molecule has 6 rings (SSSR count). The summed E-state index contributed by atoms with van der Waals surface area (Å²) in [5, 5.41) is 21.1. The van der Waals surface area contributed by atoms with Gasteiger partial charge in [0.2, 0.25) is 0 Å². The van der Waals surface area contributed by atoms with Gasteiger partial charge in [-0.1, -0.05) is 6.07 Å². The molecule has 1 N–H and O–H groups in total. The molecule has 0 spiro atoms. The van der Waals surface area contributed by atoms with E-state index in [1.807, 2.05) is 0 Å². The largest absolute Gasteiger partial charge is 0.416 e. The van der Waals surface area contributed by atoms with Crippen LogP contribution < -0.4 is 10.2 Å². The first-order valence-corrected chi connectivity index (χ1v) is 12.5. The standard InChI is InChI=1S/C28H22F3N7O2/c1-37-15-33-36-26(37)19-6-5-16(12-32)9-21(19)17-10-24(34-18-7-8-40-14-18)35-25(11-17)38-13-22-20(27(38)39)3-2-4-23(22)28(29,30)31/h2-6,9-11,15,18H,7-8,13-14H2,1H3,(H,34,35)/t18-/m0/s1. The van der Waals surface area contributed by atoms with E-state index >= 15 is 0 Å². The molecule has 1 amide bonds. The van der Waals surface area contributed by atoms with Crippen LogP contribution in [-0.4, -0.2) is 44.9 Å². The maximum absolute atomic E-state index is 13.8. The number of nitriles is 1. The van der Waals surface area contributed by atoms with Crippen molar-refractivity contribution in [3.05, 3.63) is 77.1 Å². The molecule has 40 heavy (non-hydrogen) atoms. The number of carbonyl (C=O) groups excluding carboxylic acids is 1. The van der Waals surface area contributed by atoms with Crippen LogP contribution in [0.15, 0.2) is 54.9 Å². The zero-order valence-electron chi connectivity index (χ0n) is 21.2. The summed E-state index contributed by atoms with van der Waals surface area (Å²) in [6, 6.07) is 14.3. The molecule has 2 aliphatic heterocycles. The van der Waals surface area contributed by atoms with Crippen LogP contribution in [0.25, 0.3) is 22.5 Å². The van der Waals surface area contributed by atoms with Crippen molar-refractivity contribution in [3.63, 3.8) is 0 Å². The molecular weight excluding hydrogens is 523 g/mol. The highest BCUT2D eigenvalue weighted by Gasteiger charge is 2.40. The van der Waals surface area contributed by atoms with Crippen LogP contribution in [0.3, 0.4) is 0 Å². The highest BCUT2D eigenvalue weighted by molar-refractivity contribution is 6.10. The van der Waals surface area contributed by atoms with E-state index in [0.29, 0.717) is 47.1 Å². The number of aryl methyl sites for hydroxylation is 1. The smallest absolute Gasteiger partial charge is 0.379 e. The minimum atomic E-state index is -4.60. The van der Waals surface area contributed by atoms with E-state index in [9.17, 15) is 23.2 Å². The van der Waals surface area contributed by atoms with Gasteiger partial charge in [-0.3, -0.25) is 9.69 Å². The van der Waals surface area contributed by atoms with Gasteiger partial charge < -0.3 is 14.6 Å². The molecule has 1 fully saturated rings. The maximum Gasteiger partial charge on any atom is 0.416 e. The normalized spacial score (nSPS) is 16.7. The first-order valence-electron chi connectivity index (χ1n) is 12.5. The topological polar surface area (TPSA) is 109 Å². The second-order valence-electron chi connectivity index (χ2n) is 9.66. The fraction of sp³-hybridized carbons (Fsp3) is 0.250. The summed E-state index contributed by atoms with van der Waals surface area (Å²) in [4.78, 5) is 19.3. The SMILES string of the molecule is Cn1cnnc1-c1ccc(C#N)cc1-c1cc(N[C@H]2CCOC2)nc(N2Cc3c(cccc3C(F)(F)F)C2=O)c1. The molecule has 0 aliphatic carbocycles. The molecule has 0 bridgehead atoms. The Balaban J connectivity index is 1.50. The number of carbonyl (C=O) groups is 1. The summed E-state index contributed by atoms with van der Waals surface area (Å²) in [7, 11) is 1.79. The lowest BCUT2D eigenvalue weighted by Gasteiger charge is -2.20. The number of fused-ring (bicyclic) bond motifs is 1. The molecule has 9 nitrogen and oxygen atoms in total. The van der Waals surface area contributed by atoms with Crippen molar-refractivity contribution in [2.45, 2.75) is 25.2 Å². The van der Waals surface area contributed by atoms with Gasteiger partial charge in [0, 0.05) is 24.8 Å². The van der Waals surface area contributed by atoms with Crippen molar-refractivity contribution in [1.29, 1.82) is 5.26 Å². The molecule has 1 saturated heterocycles. The predicted octanol–water partition coefficient (Wildman–Crippen LogP) is 4.80. The molecule has 0 unspecified atom stereocenters. The number of rotatable bonds is 5. The van der Waals surface area contributed by atoms with Crippen molar-refractivity contribution in [2.75, 3.05) is 23.4 Å². The molecule has 2 aromatic carbocycles. The number of pyridine rings is 1. The zero-order chi connectivity index (χ0) is 28.0. The van der Waals surface area contributed by atoms with E-state index in [4.69, 9.17) is 4.74 Å². The molecule has 1 atom stereocenters. The van der Waals surface area contributed by atoms with Crippen LogP contribution in [0, 0.1) is 11.3 Å². The Kier molecular flexibility index (Phi) is 6.23. The number of amides is 1. The number of anilines is 2. The zero-order valence-corrected chi connectivity index (χ0v) is 21.2. The van der Waals surface area contributed by atoms with Crippen molar-refractivity contribution >= 4 is 17.5 Å². The first-order chi connectivity index (χ1) is 19.2. The second kappa shape index (κ2) is 9.77. The monoisotopic (exact) mass is 545 g/mol. The van der Waals surface area contributed by atoms with E-state index in [0.717, 1.165) is 12.5 Å². The molecule has 0 saturated carbocycles. The number of hydrogen-bond donors (Lipinski definition) is 1. The average molecular weight is 546 g/mol. The van der Waals surface area contributed by atoms with Gasteiger partial charge in [0.1, 0.15) is 18.0 Å². The molecule has 2 aliphatic rings. The Morgan fingerprint density at radius 3 is 2.67 bits per heavy atom. The van der Waals surface area contributed by atoms with Gasteiger partial charge in [-0.05, 0) is 65.6 Å². The second-order valence-corrected chi connectivity index (χ2v) is 9.66. The minimum Gasteiger partial charge on any atom is -0.379 e. The van der Waals surface area contributed by atoms with Crippen LogP contribution >= 0.6 is 0 Å². The fourth-order valence-electron chi connectivity index (χ4n) is 5.10. The van der Waals surface area contributed by atoms with Crippen LogP contribution in [0.2, 0.25) is 0 Å². The summed E-state index contributed by atoms with van der Waals surface area (Å²) < 4.78 is 48.5. The van der Waals surface area contributed by atoms with Crippen molar-refractivity contribution in [1.82, 2.24) is 19.7 Å². The molecule has 4 heterocycles. The highest BCUT2D eigenvalue weighted by atomic mass is 19.4. The third kappa shape index (κ3) is 4.54. The van der Waals surface area contributed by atoms with E-state index < -0.39 is 17.6 Å². The van der Waals surface area contributed by atoms with Gasteiger partial charge in [-0.2, -0.15) is 18.4 Å². The number of alkyl halides is 3. The van der Waals surface area contributed by atoms with Crippen molar-refractivity contribution in [2.24, 2.45) is 7.05 Å². The van der Waals surface area contributed by atoms with Gasteiger partial charge in [-0.15, -0.1) is 10.2 Å². The lowest BCUT2D eigenvalue weighted by molar-refractivity contribution is -0.138. The van der Waals surface area contributed by atoms with Crippen molar-refractivity contribution < 1.29 is 22.7 Å². The maximum atomic E-state index is 13.8. The van der Waals surface area contributed by atoms with Gasteiger partial charge >= 0.3 is 6.18 Å². The Morgan fingerprint density at radius 2 is 1.98 bits per heavy atom. The van der Waals surface area contributed by atoms with E-state index in [-0.39, 0.29) is 29.5 Å². The summed E-state index contributed by atoms with van der Waals surface area (Å²) in [5.74, 6) is 0.588. The molecule has 202 valence electrons. The Labute approximate surface area is 226 Å². The highest BCUT2D eigenvalue weighted by Crippen LogP contribution is 2.40. The molecule has 0 radical (unpaired) electrons. The quantitative estimate of drug-likeness (QED) is 0.384. The minimum absolute atomic E-state index is 0.00742. The van der Waals surface area contributed by atoms with Crippen LogP contribution in [0.5, 0.6) is 0 Å². The fourth-order valence-corrected chi connectivity index (χ4v) is 5.10. The van der Waals surface area contributed by atoms with Crippen LogP contribution in [-0.2, 0) is 24.5 Å². The Bertz CT molecular complexity index is 1670. The number of ether oxygens (including phenoxy) is 1. The Morgan fingerprint density at radius 1 is 1.12 bits per heavy atom. The predicted molar refractivity (Wildman–Crippen MR) is 139 cm³/mol. The third-order valence-corrected chi connectivity index (χ3v) is 7.06.